The van der Waals surface area contributed by atoms with Crippen molar-refractivity contribution in [3.63, 3.8) is 0 Å². The molecule has 0 aliphatic heterocycles. The number of nitrogens with zero attached hydrogens (tertiary/aromatic N) is 1. The van der Waals surface area contributed by atoms with Gasteiger partial charge >= 0.3 is 0 Å². The molecule has 0 aromatic heterocycles. The second kappa shape index (κ2) is 14.1. The molecule has 0 unspecified atom stereocenters. The van der Waals surface area contributed by atoms with Crippen LogP contribution in [0.25, 0.3) is 0 Å². The van der Waals surface area contributed by atoms with Crippen LogP contribution >= 0.6 is 24.0 Å². The van der Waals surface area contributed by atoms with Crippen molar-refractivity contribution in [1.82, 2.24) is 16.0 Å². The van der Waals surface area contributed by atoms with Gasteiger partial charge in [0.05, 0.1) is 12.0 Å². The fourth-order valence-electron chi connectivity index (χ4n) is 1.85. The number of rotatable bonds is 10. The number of aliphatic imine (C=N–C) groups is 1. The van der Waals surface area contributed by atoms with Crippen LogP contribution in [0.4, 0.5) is 0 Å². The molecule has 0 atom stereocenters. The minimum absolute atomic E-state index is 0. The molecule has 0 aliphatic carbocycles. The lowest BCUT2D eigenvalue weighted by atomic mass is 9.92. The van der Waals surface area contributed by atoms with Gasteiger partial charge < -0.3 is 16.0 Å². The normalized spacial score (nSPS) is 11.6. The Morgan fingerprint density at radius 3 is 2.14 bits per heavy atom. The zero-order valence-electron chi connectivity index (χ0n) is 14.9. The molecule has 0 spiro atoms. The number of carbonyl (C=O) groups is 1. The SMILES string of the molecule is CCCCCCNC(=NCC(C)(C)C(=O)NCC)NCC.I. The van der Waals surface area contributed by atoms with Gasteiger partial charge in [-0.2, -0.15) is 0 Å². The zero-order valence-corrected chi connectivity index (χ0v) is 17.3. The highest BCUT2D eigenvalue weighted by Gasteiger charge is 2.26. The van der Waals surface area contributed by atoms with Crippen LogP contribution in [0.2, 0.25) is 0 Å². The van der Waals surface area contributed by atoms with E-state index in [4.69, 9.17) is 0 Å². The molecular weight excluding hydrogens is 391 g/mol. The Morgan fingerprint density at radius 2 is 1.59 bits per heavy atom. The highest BCUT2D eigenvalue weighted by Crippen LogP contribution is 2.15. The van der Waals surface area contributed by atoms with Gasteiger partial charge in [-0.05, 0) is 34.1 Å². The van der Waals surface area contributed by atoms with Gasteiger partial charge in [-0.1, -0.05) is 26.2 Å². The van der Waals surface area contributed by atoms with E-state index in [2.05, 4.69) is 27.9 Å². The van der Waals surface area contributed by atoms with Crippen LogP contribution < -0.4 is 16.0 Å². The Balaban J connectivity index is 0. The molecule has 0 heterocycles. The van der Waals surface area contributed by atoms with Crippen LogP contribution in [0, 0.1) is 5.41 Å². The fraction of sp³-hybridized carbons (Fsp3) is 0.875. The largest absolute Gasteiger partial charge is 0.357 e. The molecule has 0 aromatic rings. The summed E-state index contributed by atoms with van der Waals surface area (Å²) in [6.45, 7) is 12.9. The minimum atomic E-state index is -0.486. The Labute approximate surface area is 153 Å². The number of amides is 1. The van der Waals surface area contributed by atoms with Crippen molar-refractivity contribution in [2.24, 2.45) is 10.4 Å². The smallest absolute Gasteiger partial charge is 0.227 e. The van der Waals surface area contributed by atoms with Crippen molar-refractivity contribution < 1.29 is 4.79 Å². The first kappa shape index (κ1) is 23.7. The van der Waals surface area contributed by atoms with E-state index < -0.39 is 5.41 Å². The number of unbranched alkanes of at least 4 members (excludes halogenated alkanes) is 3. The van der Waals surface area contributed by atoms with Crippen molar-refractivity contribution in [2.45, 2.75) is 60.3 Å². The van der Waals surface area contributed by atoms with Crippen molar-refractivity contribution in [1.29, 1.82) is 0 Å². The van der Waals surface area contributed by atoms with E-state index in [9.17, 15) is 4.79 Å². The van der Waals surface area contributed by atoms with Gasteiger partial charge in [0.15, 0.2) is 5.96 Å². The van der Waals surface area contributed by atoms with Crippen LogP contribution in [0.3, 0.4) is 0 Å². The van der Waals surface area contributed by atoms with Gasteiger partial charge in [-0.25, -0.2) is 0 Å². The van der Waals surface area contributed by atoms with Crippen molar-refractivity contribution >= 4 is 35.8 Å². The lowest BCUT2D eigenvalue weighted by molar-refractivity contribution is -0.128. The molecule has 3 N–H and O–H groups in total. The quantitative estimate of drug-likeness (QED) is 0.218. The summed E-state index contributed by atoms with van der Waals surface area (Å²) in [7, 11) is 0. The third-order valence-electron chi connectivity index (χ3n) is 3.25. The van der Waals surface area contributed by atoms with Gasteiger partial charge in [0.1, 0.15) is 0 Å². The maximum Gasteiger partial charge on any atom is 0.227 e. The molecule has 22 heavy (non-hydrogen) atoms. The molecule has 1 amide bonds. The standard InChI is InChI=1S/C16H34N4O.HI/c1-6-9-10-11-12-19-15(18-8-3)20-13-16(4,5)14(21)17-7-2;/h6-13H2,1-5H3,(H,17,21)(H2,18,19,20);1H. The first-order valence-corrected chi connectivity index (χ1v) is 8.28. The fourth-order valence-corrected chi connectivity index (χ4v) is 1.85. The van der Waals surface area contributed by atoms with Crippen molar-refractivity contribution in [3.8, 4) is 0 Å². The number of hydrogen-bond acceptors (Lipinski definition) is 2. The third kappa shape index (κ3) is 11.1. The van der Waals surface area contributed by atoms with Gasteiger partial charge in [0, 0.05) is 19.6 Å². The molecular formula is C16H35IN4O. The summed E-state index contributed by atoms with van der Waals surface area (Å²) in [4.78, 5) is 16.5. The molecule has 0 fully saturated rings. The third-order valence-corrected chi connectivity index (χ3v) is 3.25. The molecule has 5 nitrogen and oxygen atoms in total. The van der Waals surface area contributed by atoms with E-state index in [-0.39, 0.29) is 29.9 Å². The maximum absolute atomic E-state index is 11.9. The molecule has 0 radical (unpaired) electrons. The molecule has 132 valence electrons. The average molecular weight is 426 g/mol. The molecule has 0 aromatic carbocycles. The van der Waals surface area contributed by atoms with Crippen LogP contribution in [0.5, 0.6) is 0 Å². The first-order chi connectivity index (χ1) is 9.97. The molecule has 0 aliphatic rings. The predicted octanol–water partition coefficient (Wildman–Crippen LogP) is 2.90. The number of hydrogen-bond donors (Lipinski definition) is 3. The van der Waals surface area contributed by atoms with Crippen LogP contribution in [0.15, 0.2) is 4.99 Å². The molecule has 0 saturated carbocycles. The van der Waals surface area contributed by atoms with Gasteiger partial charge in [0.2, 0.25) is 5.91 Å². The molecule has 0 rings (SSSR count). The van der Waals surface area contributed by atoms with E-state index in [0.717, 1.165) is 25.5 Å². The van der Waals surface area contributed by atoms with Gasteiger partial charge in [0.25, 0.3) is 0 Å². The van der Waals surface area contributed by atoms with E-state index in [1.165, 1.54) is 19.3 Å². The van der Waals surface area contributed by atoms with E-state index in [1.807, 2.05) is 27.7 Å². The Bertz CT molecular complexity index is 319. The summed E-state index contributed by atoms with van der Waals surface area (Å²) in [6.07, 6.45) is 4.92. The molecule has 0 saturated heterocycles. The summed E-state index contributed by atoms with van der Waals surface area (Å²) >= 11 is 0. The topological polar surface area (TPSA) is 65.5 Å². The molecule has 0 bridgehead atoms. The van der Waals surface area contributed by atoms with Crippen LogP contribution in [-0.2, 0) is 4.79 Å². The first-order valence-electron chi connectivity index (χ1n) is 8.28. The second-order valence-electron chi connectivity index (χ2n) is 5.93. The summed E-state index contributed by atoms with van der Waals surface area (Å²) in [5, 5.41) is 9.41. The monoisotopic (exact) mass is 426 g/mol. The summed E-state index contributed by atoms with van der Waals surface area (Å²) in [6, 6.07) is 0. The molecule has 6 heteroatoms. The van der Waals surface area contributed by atoms with Gasteiger partial charge in [-0.15, -0.1) is 24.0 Å². The lowest BCUT2D eigenvalue weighted by Gasteiger charge is -2.22. The highest BCUT2D eigenvalue weighted by atomic mass is 127. The number of guanidine groups is 1. The number of halogens is 1. The van der Waals surface area contributed by atoms with Crippen molar-refractivity contribution in [3.05, 3.63) is 0 Å². The second-order valence-corrected chi connectivity index (χ2v) is 5.93. The highest BCUT2D eigenvalue weighted by molar-refractivity contribution is 14.0. The summed E-state index contributed by atoms with van der Waals surface area (Å²) < 4.78 is 0. The van der Waals surface area contributed by atoms with Crippen LogP contribution in [-0.4, -0.2) is 38.0 Å². The Kier molecular flexibility index (Phi) is 15.2. The summed E-state index contributed by atoms with van der Waals surface area (Å²) in [5.41, 5.74) is -0.486. The van der Waals surface area contributed by atoms with Crippen LogP contribution in [0.1, 0.15) is 60.3 Å². The number of nitrogens with one attached hydrogen (secondary N) is 3. The van der Waals surface area contributed by atoms with E-state index in [1.54, 1.807) is 0 Å². The maximum atomic E-state index is 11.9. The van der Waals surface area contributed by atoms with Crippen molar-refractivity contribution in [2.75, 3.05) is 26.2 Å². The average Bonchev–Trinajstić information content (AvgIpc) is 2.44. The Hall–Kier alpha value is -0.530. The van der Waals surface area contributed by atoms with E-state index >= 15 is 0 Å². The minimum Gasteiger partial charge on any atom is -0.357 e. The summed E-state index contributed by atoms with van der Waals surface area (Å²) in [5.74, 6) is 0.846. The number of carbonyl (C=O) groups excluding carboxylic acids is 1. The Morgan fingerprint density at radius 1 is 0.955 bits per heavy atom. The zero-order chi connectivity index (χ0) is 16.1. The lowest BCUT2D eigenvalue weighted by Crippen LogP contribution is -2.42. The predicted molar refractivity (Wildman–Crippen MR) is 106 cm³/mol. The van der Waals surface area contributed by atoms with E-state index in [0.29, 0.717) is 13.1 Å². The van der Waals surface area contributed by atoms with Gasteiger partial charge in [-0.3, -0.25) is 9.79 Å².